The largest absolute Gasteiger partial charge is 0.427 e. The van der Waals surface area contributed by atoms with E-state index in [1.165, 1.54) is 0 Å². The molecule has 3 nitrogen and oxygen atoms in total. The van der Waals surface area contributed by atoms with Crippen LogP contribution in [0.3, 0.4) is 0 Å². The van der Waals surface area contributed by atoms with Gasteiger partial charge in [-0.25, -0.2) is 0 Å². The molecule has 3 atom stereocenters. The summed E-state index contributed by atoms with van der Waals surface area (Å²) < 4.78 is 5.34. The van der Waals surface area contributed by atoms with Gasteiger partial charge in [0.1, 0.15) is 11.5 Å². The minimum atomic E-state index is -0.300. The molecular formula is C18H22O3. The fourth-order valence-corrected chi connectivity index (χ4v) is 4.35. The third-order valence-electron chi connectivity index (χ3n) is 6.03. The fraction of sp³-hybridized carbons (Fsp3) is 0.556. The molecule has 2 aliphatic carbocycles. The molecule has 2 saturated carbocycles. The lowest BCUT2D eigenvalue weighted by atomic mass is 9.70. The summed E-state index contributed by atoms with van der Waals surface area (Å²) in [6, 6.07) is 9.04. The van der Waals surface area contributed by atoms with E-state index in [1.54, 1.807) is 12.1 Å². The molecule has 0 amide bonds. The van der Waals surface area contributed by atoms with Crippen LogP contribution in [0.5, 0.6) is 5.75 Å². The van der Waals surface area contributed by atoms with Crippen molar-refractivity contribution >= 4 is 11.8 Å². The van der Waals surface area contributed by atoms with Crippen molar-refractivity contribution in [2.24, 2.45) is 22.7 Å². The molecule has 2 bridgehead atoms. The summed E-state index contributed by atoms with van der Waals surface area (Å²) in [6.07, 6.45) is 2.20. The predicted octanol–water partition coefficient (Wildman–Crippen LogP) is 3.62. The highest BCUT2D eigenvalue weighted by Gasteiger charge is 2.66. The van der Waals surface area contributed by atoms with E-state index in [-0.39, 0.29) is 34.9 Å². The van der Waals surface area contributed by atoms with E-state index in [2.05, 4.69) is 20.8 Å². The quantitative estimate of drug-likeness (QED) is 0.629. The van der Waals surface area contributed by atoms with Crippen molar-refractivity contribution in [3.8, 4) is 5.75 Å². The zero-order valence-corrected chi connectivity index (χ0v) is 12.9. The van der Waals surface area contributed by atoms with Crippen LogP contribution in [0, 0.1) is 22.7 Å². The molecule has 112 valence electrons. The van der Waals surface area contributed by atoms with Crippen LogP contribution in [0.1, 0.15) is 40.0 Å². The summed E-state index contributed by atoms with van der Waals surface area (Å²) in [7, 11) is 0. The van der Waals surface area contributed by atoms with E-state index in [0.29, 0.717) is 11.7 Å². The minimum Gasteiger partial charge on any atom is -0.427 e. The first-order valence-corrected chi connectivity index (χ1v) is 7.66. The monoisotopic (exact) mass is 286 g/mol. The van der Waals surface area contributed by atoms with Crippen molar-refractivity contribution in [3.05, 3.63) is 30.3 Å². The maximum absolute atomic E-state index is 12.7. The number of carbonyl (C=O) groups is 2. The van der Waals surface area contributed by atoms with Gasteiger partial charge in [-0.05, 0) is 36.3 Å². The number of esters is 1. The van der Waals surface area contributed by atoms with Crippen molar-refractivity contribution in [2.75, 3.05) is 0 Å². The second-order valence-corrected chi connectivity index (χ2v) is 7.16. The Labute approximate surface area is 125 Å². The number of hydrogen-bond donors (Lipinski definition) is 0. The molecule has 0 saturated heterocycles. The van der Waals surface area contributed by atoms with E-state index in [9.17, 15) is 9.59 Å². The molecule has 1 aromatic carbocycles. The molecule has 0 heterocycles. The van der Waals surface area contributed by atoms with Gasteiger partial charge < -0.3 is 4.74 Å². The van der Waals surface area contributed by atoms with Gasteiger partial charge in [-0.3, -0.25) is 9.59 Å². The number of benzene rings is 1. The zero-order chi connectivity index (χ0) is 15.3. The van der Waals surface area contributed by atoms with Gasteiger partial charge in [0.05, 0.1) is 6.42 Å². The molecule has 0 spiro atoms. The second-order valence-electron chi connectivity index (χ2n) is 7.16. The Morgan fingerprint density at radius 2 is 1.90 bits per heavy atom. The molecule has 21 heavy (non-hydrogen) atoms. The predicted molar refractivity (Wildman–Crippen MR) is 79.8 cm³/mol. The van der Waals surface area contributed by atoms with E-state index >= 15 is 0 Å². The van der Waals surface area contributed by atoms with Crippen LogP contribution >= 0.6 is 0 Å². The summed E-state index contributed by atoms with van der Waals surface area (Å²) in [6.45, 7) is 6.41. The molecule has 1 aromatic rings. The molecule has 3 heteroatoms. The number of rotatable bonds is 3. The standard InChI is InChI=1S/C18H22O3/c1-17(2)14-9-10-18(17,3)16(20)13(14)11-15(19)21-12-7-5-4-6-8-12/h4-8,13-14H,9-11H2,1-3H3/t13-,14-,18+/m1/s1. The lowest BCUT2D eigenvalue weighted by Crippen LogP contribution is -2.34. The summed E-state index contributed by atoms with van der Waals surface area (Å²) >= 11 is 0. The smallest absolute Gasteiger partial charge is 0.311 e. The summed E-state index contributed by atoms with van der Waals surface area (Å²) in [5.41, 5.74) is -0.281. The first-order chi connectivity index (χ1) is 9.86. The average Bonchev–Trinajstić information content (AvgIpc) is 2.74. The number of carbonyl (C=O) groups excluding carboxylic acids is 2. The van der Waals surface area contributed by atoms with Crippen LogP contribution in [-0.4, -0.2) is 11.8 Å². The van der Waals surface area contributed by atoms with Crippen LogP contribution in [0.15, 0.2) is 30.3 Å². The normalized spacial score (nSPS) is 33.2. The number of fused-ring (bicyclic) bond motifs is 2. The number of Topliss-reactive ketones (excluding diaryl/α,β-unsaturated/α-hetero) is 1. The first-order valence-electron chi connectivity index (χ1n) is 7.66. The van der Waals surface area contributed by atoms with Gasteiger partial charge in [-0.15, -0.1) is 0 Å². The highest BCUT2D eigenvalue weighted by molar-refractivity contribution is 5.94. The van der Waals surface area contributed by atoms with Gasteiger partial charge in [0.25, 0.3) is 0 Å². The summed E-state index contributed by atoms with van der Waals surface area (Å²) in [5, 5.41) is 0. The second kappa shape index (κ2) is 4.69. The Balaban J connectivity index is 1.72. The van der Waals surface area contributed by atoms with Gasteiger partial charge >= 0.3 is 5.97 Å². The lowest BCUT2D eigenvalue weighted by Gasteiger charge is -2.32. The van der Waals surface area contributed by atoms with E-state index in [4.69, 9.17) is 4.74 Å². The Kier molecular flexibility index (Phi) is 3.19. The fourth-order valence-electron chi connectivity index (χ4n) is 4.35. The number of hydrogen-bond acceptors (Lipinski definition) is 3. The van der Waals surface area contributed by atoms with Gasteiger partial charge in [0.2, 0.25) is 0 Å². The Bertz CT molecular complexity index is 575. The topological polar surface area (TPSA) is 43.4 Å². The van der Waals surface area contributed by atoms with Crippen LogP contribution in [0.2, 0.25) is 0 Å². The molecular weight excluding hydrogens is 264 g/mol. The molecule has 2 fully saturated rings. The average molecular weight is 286 g/mol. The maximum atomic E-state index is 12.7. The number of ether oxygens (including phenoxy) is 1. The molecule has 0 radical (unpaired) electrons. The van der Waals surface area contributed by atoms with Crippen LogP contribution in [0.4, 0.5) is 0 Å². The lowest BCUT2D eigenvalue weighted by molar-refractivity contribution is -0.140. The maximum Gasteiger partial charge on any atom is 0.311 e. The molecule has 0 unspecified atom stereocenters. The van der Waals surface area contributed by atoms with E-state index in [1.807, 2.05) is 18.2 Å². The SMILES string of the molecule is CC1(C)[C@@H]2CC[C@@]1(C)C(=O)[C@@H]2CC(=O)Oc1ccccc1. The molecule has 3 rings (SSSR count). The van der Waals surface area contributed by atoms with Gasteiger partial charge in [0, 0.05) is 11.3 Å². The summed E-state index contributed by atoms with van der Waals surface area (Å²) in [4.78, 5) is 24.8. The van der Waals surface area contributed by atoms with Gasteiger partial charge in [-0.2, -0.15) is 0 Å². The highest BCUT2D eigenvalue weighted by atomic mass is 16.5. The number of para-hydroxylation sites is 1. The van der Waals surface area contributed by atoms with E-state index in [0.717, 1.165) is 12.8 Å². The van der Waals surface area contributed by atoms with Crippen LogP contribution < -0.4 is 4.74 Å². The Morgan fingerprint density at radius 3 is 2.48 bits per heavy atom. The van der Waals surface area contributed by atoms with Crippen molar-refractivity contribution < 1.29 is 14.3 Å². The van der Waals surface area contributed by atoms with E-state index < -0.39 is 0 Å². The Morgan fingerprint density at radius 1 is 1.24 bits per heavy atom. The summed E-state index contributed by atoms with van der Waals surface area (Å²) in [5.74, 6) is 0.636. The molecule has 0 N–H and O–H groups in total. The third-order valence-corrected chi connectivity index (χ3v) is 6.03. The third kappa shape index (κ3) is 2.02. The van der Waals surface area contributed by atoms with Crippen LogP contribution in [0.25, 0.3) is 0 Å². The minimum absolute atomic E-state index is 0.0121. The van der Waals surface area contributed by atoms with Crippen LogP contribution in [-0.2, 0) is 9.59 Å². The van der Waals surface area contributed by atoms with Crippen molar-refractivity contribution in [3.63, 3.8) is 0 Å². The first kappa shape index (κ1) is 14.3. The van der Waals surface area contributed by atoms with Gasteiger partial charge in [-0.1, -0.05) is 39.0 Å². The molecule has 2 aliphatic rings. The zero-order valence-electron chi connectivity index (χ0n) is 12.9. The highest BCUT2D eigenvalue weighted by Crippen LogP contribution is 2.66. The van der Waals surface area contributed by atoms with Crippen molar-refractivity contribution in [2.45, 2.75) is 40.0 Å². The number of ketones is 1. The molecule has 0 aromatic heterocycles. The van der Waals surface area contributed by atoms with Crippen molar-refractivity contribution in [1.29, 1.82) is 0 Å². The van der Waals surface area contributed by atoms with Gasteiger partial charge in [0.15, 0.2) is 0 Å². The Hall–Kier alpha value is -1.64. The van der Waals surface area contributed by atoms with Crippen molar-refractivity contribution in [1.82, 2.24) is 0 Å². The molecule has 0 aliphatic heterocycles.